The van der Waals surface area contributed by atoms with Gasteiger partial charge in [0.15, 0.2) is 0 Å². The summed E-state index contributed by atoms with van der Waals surface area (Å²) in [5.41, 5.74) is 3.68. The van der Waals surface area contributed by atoms with Crippen LogP contribution in [0.3, 0.4) is 0 Å². The number of rotatable bonds is 4. The van der Waals surface area contributed by atoms with Crippen LogP contribution in [0.5, 0.6) is 0 Å². The lowest BCUT2D eigenvalue weighted by Crippen LogP contribution is -1.86. The SMILES string of the molecule is Cc1ccccc1-c1nnc(SCc2ccccc2C#N)o1. The Morgan fingerprint density at radius 2 is 1.86 bits per heavy atom. The van der Waals surface area contributed by atoms with Crippen LogP contribution in [0, 0.1) is 18.3 Å². The third-order valence-corrected chi connectivity index (χ3v) is 4.14. The molecule has 0 saturated carbocycles. The number of nitriles is 1. The highest BCUT2D eigenvalue weighted by atomic mass is 32.2. The monoisotopic (exact) mass is 307 g/mol. The molecular weight excluding hydrogens is 294 g/mol. The predicted molar refractivity (Wildman–Crippen MR) is 85.2 cm³/mol. The molecule has 0 aliphatic carbocycles. The fraction of sp³-hybridized carbons (Fsp3) is 0.118. The van der Waals surface area contributed by atoms with Gasteiger partial charge in [0.1, 0.15) is 0 Å². The number of aromatic nitrogens is 2. The molecular formula is C17H13N3OS. The molecule has 0 atom stereocenters. The summed E-state index contributed by atoms with van der Waals surface area (Å²) in [6.45, 7) is 2.01. The van der Waals surface area contributed by atoms with Crippen molar-refractivity contribution in [3.05, 3.63) is 65.2 Å². The van der Waals surface area contributed by atoms with E-state index in [-0.39, 0.29) is 0 Å². The lowest BCUT2D eigenvalue weighted by molar-refractivity contribution is 0.465. The average Bonchev–Trinajstić information content (AvgIpc) is 3.02. The summed E-state index contributed by atoms with van der Waals surface area (Å²) in [6, 6.07) is 17.6. The Kier molecular flexibility index (Phi) is 4.22. The first-order chi connectivity index (χ1) is 10.8. The minimum Gasteiger partial charge on any atom is -0.411 e. The minimum absolute atomic E-state index is 0.506. The molecule has 0 aliphatic heterocycles. The molecule has 0 amide bonds. The number of nitrogens with zero attached hydrogens (tertiary/aromatic N) is 3. The average molecular weight is 307 g/mol. The van der Waals surface area contributed by atoms with Crippen molar-refractivity contribution in [2.24, 2.45) is 0 Å². The topological polar surface area (TPSA) is 62.7 Å². The van der Waals surface area contributed by atoms with Crippen LogP contribution < -0.4 is 0 Å². The predicted octanol–water partition coefficient (Wildman–Crippen LogP) is 4.21. The quantitative estimate of drug-likeness (QED) is 0.676. The van der Waals surface area contributed by atoms with Gasteiger partial charge in [-0.05, 0) is 30.2 Å². The summed E-state index contributed by atoms with van der Waals surface area (Å²) in [4.78, 5) is 0. The van der Waals surface area contributed by atoms with Crippen molar-refractivity contribution in [1.82, 2.24) is 10.2 Å². The van der Waals surface area contributed by atoms with Gasteiger partial charge < -0.3 is 4.42 Å². The van der Waals surface area contributed by atoms with E-state index in [0.29, 0.717) is 22.4 Å². The minimum atomic E-state index is 0.506. The smallest absolute Gasteiger partial charge is 0.277 e. The summed E-state index contributed by atoms with van der Waals surface area (Å²) in [6.07, 6.45) is 0. The van der Waals surface area contributed by atoms with E-state index in [2.05, 4.69) is 16.3 Å². The van der Waals surface area contributed by atoms with Gasteiger partial charge >= 0.3 is 0 Å². The van der Waals surface area contributed by atoms with Crippen LogP contribution in [0.1, 0.15) is 16.7 Å². The van der Waals surface area contributed by atoms with Gasteiger partial charge in [0.2, 0.25) is 5.89 Å². The summed E-state index contributed by atoms with van der Waals surface area (Å²) >= 11 is 1.43. The fourth-order valence-corrected chi connectivity index (χ4v) is 2.85. The van der Waals surface area contributed by atoms with Gasteiger partial charge in [-0.3, -0.25) is 0 Å². The van der Waals surface area contributed by atoms with E-state index >= 15 is 0 Å². The first-order valence-electron chi connectivity index (χ1n) is 6.78. The summed E-state index contributed by atoms with van der Waals surface area (Å²) in [5, 5.41) is 17.8. The van der Waals surface area contributed by atoms with Gasteiger partial charge in [-0.2, -0.15) is 5.26 Å². The molecule has 0 radical (unpaired) electrons. The molecule has 22 heavy (non-hydrogen) atoms. The van der Waals surface area contributed by atoms with Crippen molar-refractivity contribution in [1.29, 1.82) is 5.26 Å². The Bertz CT molecular complexity index is 836. The lowest BCUT2D eigenvalue weighted by atomic mass is 10.1. The van der Waals surface area contributed by atoms with Gasteiger partial charge in [0, 0.05) is 11.3 Å². The van der Waals surface area contributed by atoms with E-state index in [4.69, 9.17) is 9.68 Å². The molecule has 2 aromatic carbocycles. The molecule has 4 nitrogen and oxygen atoms in total. The van der Waals surface area contributed by atoms with Crippen LogP contribution in [0.2, 0.25) is 0 Å². The van der Waals surface area contributed by atoms with E-state index in [9.17, 15) is 0 Å². The Balaban J connectivity index is 1.76. The van der Waals surface area contributed by atoms with Crippen LogP contribution in [-0.4, -0.2) is 10.2 Å². The van der Waals surface area contributed by atoms with E-state index in [0.717, 1.165) is 16.7 Å². The van der Waals surface area contributed by atoms with Crippen LogP contribution >= 0.6 is 11.8 Å². The number of hydrogen-bond acceptors (Lipinski definition) is 5. The zero-order valence-electron chi connectivity index (χ0n) is 12.0. The highest BCUT2D eigenvalue weighted by Gasteiger charge is 2.11. The molecule has 5 heteroatoms. The van der Waals surface area contributed by atoms with Crippen LogP contribution in [0.4, 0.5) is 0 Å². The second kappa shape index (κ2) is 6.46. The first-order valence-corrected chi connectivity index (χ1v) is 7.77. The molecule has 0 bridgehead atoms. The maximum Gasteiger partial charge on any atom is 0.277 e. The molecule has 0 aliphatic rings. The molecule has 1 aromatic heterocycles. The first kappa shape index (κ1) is 14.4. The molecule has 0 N–H and O–H groups in total. The molecule has 3 aromatic rings. The van der Waals surface area contributed by atoms with Crippen molar-refractivity contribution >= 4 is 11.8 Å². The van der Waals surface area contributed by atoms with Gasteiger partial charge in [-0.15, -0.1) is 10.2 Å². The summed E-state index contributed by atoms with van der Waals surface area (Å²) in [7, 11) is 0. The lowest BCUT2D eigenvalue weighted by Gasteiger charge is -2.01. The fourth-order valence-electron chi connectivity index (χ4n) is 2.08. The van der Waals surface area contributed by atoms with Crippen LogP contribution in [0.15, 0.2) is 58.2 Å². The number of aryl methyl sites for hydroxylation is 1. The zero-order chi connectivity index (χ0) is 15.4. The summed E-state index contributed by atoms with van der Waals surface area (Å²) < 4.78 is 5.70. The van der Waals surface area contributed by atoms with Crippen LogP contribution in [0.25, 0.3) is 11.5 Å². The van der Waals surface area contributed by atoms with Crippen molar-refractivity contribution in [3.63, 3.8) is 0 Å². The standard InChI is InChI=1S/C17H13N3OS/c1-12-6-2-5-9-15(12)16-19-20-17(21-16)22-11-14-8-4-3-7-13(14)10-18/h2-9H,11H2,1H3. The van der Waals surface area contributed by atoms with Crippen LogP contribution in [-0.2, 0) is 5.75 Å². The van der Waals surface area contributed by atoms with Gasteiger partial charge in [-0.25, -0.2) is 0 Å². The third-order valence-electron chi connectivity index (χ3n) is 3.27. The highest BCUT2D eigenvalue weighted by Crippen LogP contribution is 2.27. The Hall–Kier alpha value is -2.58. The van der Waals surface area contributed by atoms with E-state index in [1.807, 2.05) is 55.5 Å². The Morgan fingerprint density at radius 3 is 2.68 bits per heavy atom. The number of benzene rings is 2. The van der Waals surface area contributed by atoms with Gasteiger partial charge in [0.05, 0.1) is 11.6 Å². The van der Waals surface area contributed by atoms with Crippen molar-refractivity contribution in [2.75, 3.05) is 0 Å². The second-order valence-electron chi connectivity index (χ2n) is 4.75. The maximum absolute atomic E-state index is 9.09. The van der Waals surface area contributed by atoms with Crippen molar-refractivity contribution in [2.45, 2.75) is 17.9 Å². The molecule has 108 valence electrons. The highest BCUT2D eigenvalue weighted by molar-refractivity contribution is 7.98. The normalized spacial score (nSPS) is 10.4. The van der Waals surface area contributed by atoms with E-state index < -0.39 is 0 Å². The molecule has 0 fully saturated rings. The largest absolute Gasteiger partial charge is 0.411 e. The van der Waals surface area contributed by atoms with Gasteiger partial charge in [-0.1, -0.05) is 48.2 Å². The molecule has 1 heterocycles. The van der Waals surface area contributed by atoms with E-state index in [1.54, 1.807) is 0 Å². The molecule has 3 rings (SSSR count). The van der Waals surface area contributed by atoms with E-state index in [1.165, 1.54) is 11.8 Å². The number of hydrogen-bond donors (Lipinski definition) is 0. The molecule has 0 spiro atoms. The summed E-state index contributed by atoms with van der Waals surface area (Å²) in [5.74, 6) is 1.15. The van der Waals surface area contributed by atoms with Gasteiger partial charge in [0.25, 0.3) is 5.22 Å². The Labute approximate surface area is 132 Å². The Morgan fingerprint density at radius 1 is 1.09 bits per heavy atom. The number of thioether (sulfide) groups is 1. The molecule has 0 unspecified atom stereocenters. The van der Waals surface area contributed by atoms with Crippen molar-refractivity contribution in [3.8, 4) is 17.5 Å². The zero-order valence-corrected chi connectivity index (χ0v) is 12.8. The second-order valence-corrected chi connectivity index (χ2v) is 5.67. The molecule has 0 saturated heterocycles. The van der Waals surface area contributed by atoms with Crippen molar-refractivity contribution < 1.29 is 4.42 Å². The third kappa shape index (κ3) is 3.02. The maximum atomic E-state index is 9.09.